The van der Waals surface area contributed by atoms with Gasteiger partial charge in [-0.15, -0.1) is 0 Å². The maximum Gasteiger partial charge on any atom is 0.280 e. The number of nitrogens with one attached hydrogen (secondary N) is 2. The monoisotopic (exact) mass is 326 g/mol. The first-order valence-electron chi connectivity index (χ1n) is 7.57. The number of nitrogens with two attached hydrogens (primary N) is 1. The molecule has 8 heteroatoms. The number of anilines is 2. The summed E-state index contributed by atoms with van der Waals surface area (Å²) in [5, 5.41) is 3.24. The van der Waals surface area contributed by atoms with Gasteiger partial charge in [-0.2, -0.15) is 4.98 Å². The summed E-state index contributed by atoms with van der Waals surface area (Å²) in [6.07, 6.45) is 1.57. The number of benzene rings is 1. The summed E-state index contributed by atoms with van der Waals surface area (Å²) in [6, 6.07) is 7.94. The van der Waals surface area contributed by atoms with Gasteiger partial charge in [-0.3, -0.25) is 9.78 Å². The van der Waals surface area contributed by atoms with E-state index in [1.165, 1.54) is 0 Å². The van der Waals surface area contributed by atoms with Crippen LogP contribution in [0.1, 0.15) is 18.2 Å². The van der Waals surface area contributed by atoms with Crippen molar-refractivity contribution in [2.75, 3.05) is 17.7 Å². The lowest BCUT2D eigenvalue weighted by atomic mass is 10.2. The highest BCUT2D eigenvalue weighted by Crippen LogP contribution is 2.12. The molecule has 0 atom stereocenters. The molecule has 1 aromatic carbocycles. The Balaban J connectivity index is 1.70. The lowest BCUT2D eigenvalue weighted by molar-refractivity contribution is 0.134. The van der Waals surface area contributed by atoms with E-state index in [2.05, 4.69) is 25.3 Å². The number of nitrogen functional groups attached to an aromatic ring is 1. The molecule has 0 aliphatic rings. The van der Waals surface area contributed by atoms with Crippen molar-refractivity contribution in [3.63, 3.8) is 0 Å². The van der Waals surface area contributed by atoms with Crippen LogP contribution in [0.25, 0.3) is 11.2 Å². The van der Waals surface area contributed by atoms with Crippen molar-refractivity contribution in [3.05, 3.63) is 52.1 Å². The predicted octanol–water partition coefficient (Wildman–Crippen LogP) is 1.44. The Bertz CT molecular complexity index is 891. The zero-order valence-corrected chi connectivity index (χ0v) is 13.2. The average Bonchev–Trinajstić information content (AvgIpc) is 2.59. The van der Waals surface area contributed by atoms with E-state index in [0.29, 0.717) is 25.5 Å². The van der Waals surface area contributed by atoms with Gasteiger partial charge in [0.2, 0.25) is 5.95 Å². The third-order valence-corrected chi connectivity index (χ3v) is 3.39. The number of hydrogen-bond donors (Lipinski definition) is 3. The average molecular weight is 326 g/mol. The number of ether oxygens (including phenoxy) is 1. The molecule has 0 aliphatic heterocycles. The smallest absolute Gasteiger partial charge is 0.280 e. The van der Waals surface area contributed by atoms with E-state index >= 15 is 0 Å². The third kappa shape index (κ3) is 3.66. The van der Waals surface area contributed by atoms with Crippen molar-refractivity contribution >= 4 is 22.8 Å². The highest BCUT2D eigenvalue weighted by Gasteiger charge is 2.06. The Kier molecular flexibility index (Phi) is 4.66. The fourth-order valence-corrected chi connectivity index (χ4v) is 2.19. The maximum absolute atomic E-state index is 11.8. The van der Waals surface area contributed by atoms with Crippen LogP contribution in [0.3, 0.4) is 0 Å². The van der Waals surface area contributed by atoms with E-state index in [0.717, 1.165) is 11.3 Å². The number of aromatic amines is 1. The van der Waals surface area contributed by atoms with Crippen LogP contribution in [0, 0.1) is 0 Å². The Hall–Kier alpha value is -3.00. The van der Waals surface area contributed by atoms with Crippen LogP contribution in [0.2, 0.25) is 0 Å². The number of fused-ring (bicyclic) bond motifs is 1. The van der Waals surface area contributed by atoms with Crippen molar-refractivity contribution in [2.45, 2.75) is 20.1 Å². The highest BCUT2D eigenvalue weighted by molar-refractivity contribution is 5.69. The zero-order chi connectivity index (χ0) is 16.9. The first kappa shape index (κ1) is 15.9. The van der Waals surface area contributed by atoms with Crippen molar-refractivity contribution < 1.29 is 4.74 Å². The van der Waals surface area contributed by atoms with E-state index in [1.54, 1.807) is 6.20 Å². The second kappa shape index (κ2) is 7.05. The van der Waals surface area contributed by atoms with E-state index < -0.39 is 5.56 Å². The van der Waals surface area contributed by atoms with Gasteiger partial charge in [0.25, 0.3) is 5.56 Å². The minimum atomic E-state index is -0.396. The normalized spacial score (nSPS) is 10.9. The van der Waals surface area contributed by atoms with Crippen LogP contribution in [-0.4, -0.2) is 26.5 Å². The minimum absolute atomic E-state index is 0.0276. The van der Waals surface area contributed by atoms with Gasteiger partial charge in [0.1, 0.15) is 0 Å². The van der Waals surface area contributed by atoms with Gasteiger partial charge < -0.3 is 15.8 Å². The summed E-state index contributed by atoms with van der Waals surface area (Å²) >= 11 is 0. The second-order valence-electron chi connectivity index (χ2n) is 5.17. The van der Waals surface area contributed by atoms with Crippen molar-refractivity contribution in [2.24, 2.45) is 0 Å². The molecule has 0 saturated carbocycles. The van der Waals surface area contributed by atoms with Crippen molar-refractivity contribution in [3.8, 4) is 0 Å². The summed E-state index contributed by atoms with van der Waals surface area (Å²) in [7, 11) is 0. The lowest BCUT2D eigenvalue weighted by Gasteiger charge is -2.08. The Morgan fingerprint density at radius 2 is 2.04 bits per heavy atom. The Morgan fingerprint density at radius 1 is 1.25 bits per heavy atom. The second-order valence-corrected chi connectivity index (χ2v) is 5.17. The molecule has 0 radical (unpaired) electrons. The van der Waals surface area contributed by atoms with Crippen LogP contribution in [0.4, 0.5) is 11.6 Å². The van der Waals surface area contributed by atoms with Crippen LogP contribution in [0.5, 0.6) is 0 Å². The molecule has 3 rings (SSSR count). The van der Waals surface area contributed by atoms with Gasteiger partial charge in [0.05, 0.1) is 25.0 Å². The minimum Gasteiger partial charge on any atom is -0.379 e. The molecule has 2 heterocycles. The predicted molar refractivity (Wildman–Crippen MR) is 91.5 cm³/mol. The molecule has 4 N–H and O–H groups in total. The molecule has 0 unspecified atom stereocenters. The molecule has 0 fully saturated rings. The molecule has 0 amide bonds. The number of nitrogens with zero attached hydrogens (tertiary/aromatic N) is 3. The van der Waals surface area contributed by atoms with Crippen LogP contribution >= 0.6 is 0 Å². The quantitative estimate of drug-likeness (QED) is 0.627. The maximum atomic E-state index is 11.8. The fraction of sp³-hybridized carbons (Fsp3) is 0.250. The van der Waals surface area contributed by atoms with E-state index in [4.69, 9.17) is 10.5 Å². The van der Waals surface area contributed by atoms with E-state index in [1.807, 2.05) is 31.2 Å². The number of hydrogen-bond acceptors (Lipinski definition) is 7. The molecule has 24 heavy (non-hydrogen) atoms. The van der Waals surface area contributed by atoms with Gasteiger partial charge in [-0.1, -0.05) is 12.1 Å². The molecular weight excluding hydrogens is 308 g/mol. The Morgan fingerprint density at radius 3 is 2.79 bits per heavy atom. The lowest BCUT2D eigenvalue weighted by Crippen LogP contribution is -2.15. The summed E-state index contributed by atoms with van der Waals surface area (Å²) in [5.41, 5.74) is 8.20. The standard InChI is InChI=1S/C16H18N6O2/c1-2-24-9-10-3-5-11(6-4-10)18-7-12-8-19-14-13(20-12)15(23)22-16(17)21-14/h3-6,8,18H,2,7,9H2,1H3,(H3,17,19,21,22,23). The summed E-state index contributed by atoms with van der Waals surface area (Å²) in [5.74, 6) is 0.0276. The van der Waals surface area contributed by atoms with E-state index in [-0.39, 0.29) is 17.1 Å². The summed E-state index contributed by atoms with van der Waals surface area (Å²) in [6.45, 7) is 3.71. The number of H-pyrrole nitrogens is 1. The molecule has 0 bridgehead atoms. The Labute approximate surface area is 138 Å². The molecule has 0 saturated heterocycles. The molecule has 0 spiro atoms. The molecule has 3 aromatic rings. The fourth-order valence-electron chi connectivity index (χ4n) is 2.19. The summed E-state index contributed by atoms with van der Waals surface area (Å²) < 4.78 is 5.36. The van der Waals surface area contributed by atoms with Gasteiger partial charge in [-0.05, 0) is 24.6 Å². The van der Waals surface area contributed by atoms with Crippen molar-refractivity contribution in [1.29, 1.82) is 0 Å². The molecule has 8 nitrogen and oxygen atoms in total. The molecule has 2 aromatic heterocycles. The number of aromatic nitrogens is 4. The molecule has 0 aliphatic carbocycles. The van der Waals surface area contributed by atoms with Crippen molar-refractivity contribution in [1.82, 2.24) is 19.9 Å². The van der Waals surface area contributed by atoms with Gasteiger partial charge >= 0.3 is 0 Å². The van der Waals surface area contributed by atoms with Crippen LogP contribution in [0.15, 0.2) is 35.3 Å². The van der Waals surface area contributed by atoms with Gasteiger partial charge in [-0.25, -0.2) is 9.97 Å². The SMILES string of the molecule is CCOCc1ccc(NCc2cnc3nc(N)[nH]c(=O)c3n2)cc1. The topological polar surface area (TPSA) is 119 Å². The largest absolute Gasteiger partial charge is 0.379 e. The summed E-state index contributed by atoms with van der Waals surface area (Å²) in [4.78, 5) is 26.6. The third-order valence-electron chi connectivity index (χ3n) is 3.39. The first-order chi connectivity index (χ1) is 11.7. The molecule has 124 valence electrons. The molecular formula is C16H18N6O2. The number of rotatable bonds is 6. The zero-order valence-electron chi connectivity index (χ0n) is 13.2. The van der Waals surface area contributed by atoms with Gasteiger partial charge in [0, 0.05) is 12.3 Å². The van der Waals surface area contributed by atoms with Gasteiger partial charge in [0.15, 0.2) is 11.2 Å². The van der Waals surface area contributed by atoms with Crippen LogP contribution < -0.4 is 16.6 Å². The highest BCUT2D eigenvalue weighted by atomic mass is 16.5. The van der Waals surface area contributed by atoms with E-state index in [9.17, 15) is 4.79 Å². The van der Waals surface area contributed by atoms with Crippen LogP contribution in [-0.2, 0) is 17.9 Å². The first-order valence-corrected chi connectivity index (χ1v) is 7.57.